The van der Waals surface area contributed by atoms with Crippen molar-refractivity contribution in [3.8, 4) is 0 Å². The lowest BCUT2D eigenvalue weighted by Gasteiger charge is -2.06. The first-order valence-corrected chi connectivity index (χ1v) is 4.58. The fourth-order valence-electron chi connectivity index (χ4n) is 1.17. The lowest BCUT2D eigenvalue weighted by molar-refractivity contribution is -0.385. The third-order valence-electron chi connectivity index (χ3n) is 1.80. The van der Waals surface area contributed by atoms with E-state index in [2.05, 4.69) is 15.3 Å². The number of nitrogens with one attached hydrogen (secondary N) is 1. The van der Waals surface area contributed by atoms with E-state index in [0.29, 0.717) is 6.54 Å². The van der Waals surface area contributed by atoms with E-state index in [4.69, 9.17) is 5.73 Å². The molecule has 1 heterocycles. The van der Waals surface area contributed by atoms with Crippen LogP contribution in [0.4, 0.5) is 17.5 Å². The van der Waals surface area contributed by atoms with Crippen LogP contribution in [-0.4, -0.2) is 21.4 Å². The molecule has 0 aliphatic rings. The van der Waals surface area contributed by atoms with E-state index in [1.165, 1.54) is 6.92 Å². The van der Waals surface area contributed by atoms with E-state index in [9.17, 15) is 10.1 Å². The molecular formula is C8H13N5O2. The van der Waals surface area contributed by atoms with Gasteiger partial charge in [0.15, 0.2) is 0 Å². The summed E-state index contributed by atoms with van der Waals surface area (Å²) in [5.74, 6) is 0.226. The Kier molecular flexibility index (Phi) is 3.37. The molecule has 0 fully saturated rings. The van der Waals surface area contributed by atoms with Crippen LogP contribution in [0.1, 0.15) is 19.0 Å². The second kappa shape index (κ2) is 4.54. The molecule has 0 aliphatic carbocycles. The molecule has 0 amide bonds. The maximum atomic E-state index is 10.8. The minimum atomic E-state index is -0.507. The number of hydrogen-bond donors (Lipinski definition) is 2. The summed E-state index contributed by atoms with van der Waals surface area (Å²) >= 11 is 0. The van der Waals surface area contributed by atoms with E-state index >= 15 is 0 Å². The van der Waals surface area contributed by atoms with E-state index in [-0.39, 0.29) is 23.1 Å². The summed E-state index contributed by atoms with van der Waals surface area (Å²) in [5, 5.41) is 13.6. The van der Waals surface area contributed by atoms with Crippen molar-refractivity contribution in [2.45, 2.75) is 20.3 Å². The van der Waals surface area contributed by atoms with E-state index < -0.39 is 4.92 Å². The Morgan fingerprint density at radius 3 is 2.73 bits per heavy atom. The summed E-state index contributed by atoms with van der Waals surface area (Å²) in [6.45, 7) is 4.10. The molecule has 1 aromatic heterocycles. The van der Waals surface area contributed by atoms with E-state index in [0.717, 1.165) is 6.42 Å². The second-order valence-electron chi connectivity index (χ2n) is 3.05. The van der Waals surface area contributed by atoms with Crippen molar-refractivity contribution in [2.24, 2.45) is 0 Å². The Morgan fingerprint density at radius 1 is 1.53 bits per heavy atom. The van der Waals surface area contributed by atoms with E-state index in [1.807, 2.05) is 6.92 Å². The lowest BCUT2D eigenvalue weighted by Crippen LogP contribution is -2.10. The molecule has 0 bridgehead atoms. The van der Waals surface area contributed by atoms with Crippen LogP contribution in [0, 0.1) is 17.0 Å². The number of anilines is 2. The molecule has 0 aromatic carbocycles. The van der Waals surface area contributed by atoms with Crippen LogP contribution >= 0.6 is 0 Å². The molecular weight excluding hydrogens is 198 g/mol. The molecule has 7 nitrogen and oxygen atoms in total. The minimum absolute atomic E-state index is 0.0386. The molecule has 1 rings (SSSR count). The average molecular weight is 211 g/mol. The highest BCUT2D eigenvalue weighted by Crippen LogP contribution is 2.25. The fraction of sp³-hybridized carbons (Fsp3) is 0.500. The van der Waals surface area contributed by atoms with Crippen molar-refractivity contribution in [3.05, 3.63) is 15.8 Å². The predicted molar refractivity (Wildman–Crippen MR) is 56.6 cm³/mol. The van der Waals surface area contributed by atoms with Crippen molar-refractivity contribution in [2.75, 3.05) is 17.6 Å². The van der Waals surface area contributed by atoms with Crippen LogP contribution in [0.3, 0.4) is 0 Å². The summed E-state index contributed by atoms with van der Waals surface area (Å²) in [4.78, 5) is 17.8. The number of nitrogens with two attached hydrogens (primary N) is 1. The smallest absolute Gasteiger partial charge is 0.332 e. The van der Waals surface area contributed by atoms with Gasteiger partial charge in [0.25, 0.3) is 0 Å². The number of nitrogen functional groups attached to an aromatic ring is 1. The maximum Gasteiger partial charge on any atom is 0.332 e. The number of aromatic nitrogens is 2. The molecule has 0 spiro atoms. The lowest BCUT2D eigenvalue weighted by atomic mass is 10.3. The first kappa shape index (κ1) is 11.2. The number of hydrogen-bond acceptors (Lipinski definition) is 6. The Bertz CT molecular complexity index is 380. The highest BCUT2D eigenvalue weighted by atomic mass is 16.6. The van der Waals surface area contributed by atoms with Gasteiger partial charge in [-0.25, -0.2) is 4.98 Å². The number of rotatable bonds is 4. The normalized spacial score (nSPS) is 10.0. The highest BCUT2D eigenvalue weighted by Gasteiger charge is 2.20. The molecule has 82 valence electrons. The summed E-state index contributed by atoms with van der Waals surface area (Å²) in [5.41, 5.74) is 5.57. The van der Waals surface area contributed by atoms with Crippen LogP contribution < -0.4 is 11.1 Å². The first-order valence-electron chi connectivity index (χ1n) is 4.58. The molecule has 0 saturated carbocycles. The van der Waals surface area contributed by atoms with Crippen molar-refractivity contribution in [3.63, 3.8) is 0 Å². The van der Waals surface area contributed by atoms with Crippen molar-refractivity contribution in [1.29, 1.82) is 0 Å². The van der Waals surface area contributed by atoms with Crippen LogP contribution in [0.2, 0.25) is 0 Å². The molecule has 3 N–H and O–H groups in total. The topological polar surface area (TPSA) is 107 Å². The van der Waals surface area contributed by atoms with Gasteiger partial charge in [-0.3, -0.25) is 10.1 Å². The Hall–Kier alpha value is -1.92. The molecule has 0 saturated heterocycles. The van der Waals surface area contributed by atoms with Gasteiger partial charge in [0.1, 0.15) is 5.69 Å². The van der Waals surface area contributed by atoms with Gasteiger partial charge >= 0.3 is 5.69 Å². The Balaban J connectivity index is 3.14. The highest BCUT2D eigenvalue weighted by molar-refractivity contribution is 5.60. The van der Waals surface area contributed by atoms with Crippen LogP contribution in [-0.2, 0) is 0 Å². The van der Waals surface area contributed by atoms with Crippen molar-refractivity contribution in [1.82, 2.24) is 9.97 Å². The van der Waals surface area contributed by atoms with Gasteiger partial charge < -0.3 is 11.1 Å². The second-order valence-corrected chi connectivity index (χ2v) is 3.05. The zero-order valence-corrected chi connectivity index (χ0v) is 8.65. The first-order chi connectivity index (χ1) is 7.06. The zero-order chi connectivity index (χ0) is 11.4. The molecule has 0 aliphatic heterocycles. The molecule has 1 aromatic rings. The summed E-state index contributed by atoms with van der Waals surface area (Å²) in [6, 6.07) is 0. The largest absolute Gasteiger partial charge is 0.368 e. The third kappa shape index (κ3) is 2.52. The summed E-state index contributed by atoms with van der Waals surface area (Å²) in [6.07, 6.45) is 0.847. The fourth-order valence-corrected chi connectivity index (χ4v) is 1.17. The predicted octanol–water partition coefficient (Wildman–Crippen LogP) is 1.10. The van der Waals surface area contributed by atoms with Crippen LogP contribution in [0.5, 0.6) is 0 Å². The minimum Gasteiger partial charge on any atom is -0.368 e. The van der Waals surface area contributed by atoms with Gasteiger partial charge in [-0.1, -0.05) is 6.92 Å². The van der Waals surface area contributed by atoms with Crippen LogP contribution in [0.15, 0.2) is 0 Å². The van der Waals surface area contributed by atoms with Crippen molar-refractivity contribution < 1.29 is 4.92 Å². The Morgan fingerprint density at radius 2 is 2.20 bits per heavy atom. The van der Waals surface area contributed by atoms with Gasteiger partial charge in [-0.2, -0.15) is 4.98 Å². The molecule has 0 atom stereocenters. The van der Waals surface area contributed by atoms with Gasteiger partial charge in [0, 0.05) is 6.54 Å². The number of nitrogens with zero attached hydrogens (tertiary/aromatic N) is 3. The van der Waals surface area contributed by atoms with Crippen molar-refractivity contribution >= 4 is 17.5 Å². The Labute approximate surface area is 86.9 Å². The monoisotopic (exact) mass is 211 g/mol. The van der Waals surface area contributed by atoms with Gasteiger partial charge in [-0.15, -0.1) is 0 Å². The molecule has 7 heteroatoms. The van der Waals surface area contributed by atoms with Gasteiger partial charge in [-0.05, 0) is 13.3 Å². The quantitative estimate of drug-likeness (QED) is 0.570. The maximum absolute atomic E-state index is 10.8. The van der Waals surface area contributed by atoms with Crippen LogP contribution in [0.25, 0.3) is 0 Å². The van der Waals surface area contributed by atoms with Gasteiger partial charge in [0.05, 0.1) is 4.92 Å². The molecule has 0 radical (unpaired) electrons. The summed E-state index contributed by atoms with van der Waals surface area (Å²) in [7, 11) is 0. The van der Waals surface area contributed by atoms with E-state index in [1.54, 1.807) is 0 Å². The SMILES string of the molecule is CCCNc1nc(N)nc(C)c1[N+](=O)[O-]. The average Bonchev–Trinajstić information content (AvgIpc) is 2.12. The summed E-state index contributed by atoms with van der Waals surface area (Å²) < 4.78 is 0. The van der Waals surface area contributed by atoms with Gasteiger partial charge in [0.2, 0.25) is 11.8 Å². The number of nitro groups is 1. The standard InChI is InChI=1S/C8H13N5O2/c1-3-4-10-7-6(13(14)15)5(2)11-8(9)12-7/h3-4H2,1-2H3,(H3,9,10,11,12). The molecule has 0 unspecified atom stereocenters. The third-order valence-corrected chi connectivity index (χ3v) is 1.80. The molecule has 15 heavy (non-hydrogen) atoms. The number of aryl methyl sites for hydroxylation is 1. The zero-order valence-electron chi connectivity index (χ0n) is 8.65.